The molecule has 0 bridgehead atoms. The Bertz CT molecular complexity index is 764. The maximum absolute atomic E-state index is 12.1. The van der Waals surface area contributed by atoms with Crippen LogP contribution in [0, 0.1) is 23.7 Å². The lowest BCUT2D eigenvalue weighted by atomic mass is 9.98. The second kappa shape index (κ2) is 20.9. The van der Waals surface area contributed by atoms with Crippen molar-refractivity contribution in [2.75, 3.05) is 6.61 Å². The van der Waals surface area contributed by atoms with E-state index in [9.17, 15) is 30.0 Å². The third-order valence-electron chi connectivity index (χ3n) is 6.33. The molecule has 0 aliphatic carbocycles. The van der Waals surface area contributed by atoms with Gasteiger partial charge in [-0.3, -0.25) is 9.59 Å². The van der Waals surface area contributed by atoms with Crippen molar-refractivity contribution in [1.29, 1.82) is 0 Å². The number of hydrogen-bond donors (Lipinski definition) is 6. The molecule has 1 amide bonds. The van der Waals surface area contributed by atoms with E-state index in [2.05, 4.69) is 29.0 Å². The number of carbonyl (C=O) groups excluding carboxylic acids is 1. The van der Waals surface area contributed by atoms with E-state index >= 15 is 0 Å². The zero-order chi connectivity index (χ0) is 27.3. The van der Waals surface area contributed by atoms with Gasteiger partial charge in [-0.15, -0.1) is 0 Å². The first-order chi connectivity index (χ1) is 17.9. The Morgan fingerprint density at radius 2 is 1.16 bits per heavy atom. The second-order valence-corrected chi connectivity index (χ2v) is 9.56. The smallest absolute Gasteiger partial charge is 0.303 e. The average Bonchev–Trinajstić information content (AvgIpc) is 2.87. The first kappa shape index (κ1) is 32.9. The van der Waals surface area contributed by atoms with Crippen LogP contribution in [0.1, 0.15) is 103 Å². The van der Waals surface area contributed by atoms with Crippen LogP contribution in [0.25, 0.3) is 0 Å². The zero-order valence-corrected chi connectivity index (χ0v) is 21.9. The molecule has 0 aromatic rings. The van der Waals surface area contributed by atoms with Crippen LogP contribution in [0.2, 0.25) is 0 Å². The Kier molecular flexibility index (Phi) is 18.5. The molecule has 1 rings (SSSR count). The summed E-state index contributed by atoms with van der Waals surface area (Å²) in [6.45, 7) is -0.531. The second-order valence-electron chi connectivity index (χ2n) is 9.56. The molecule has 0 unspecified atom stereocenters. The highest BCUT2D eigenvalue weighted by Crippen LogP contribution is 2.20. The number of carboxylic acid groups (broad SMARTS) is 1. The molecule has 210 valence electrons. The number of unbranched alkanes of at least 4 members (excludes halogenated alkanes) is 12. The summed E-state index contributed by atoms with van der Waals surface area (Å²) < 4.78 is 5.28. The molecule has 37 heavy (non-hydrogen) atoms. The van der Waals surface area contributed by atoms with Crippen LogP contribution in [0.4, 0.5) is 0 Å². The van der Waals surface area contributed by atoms with Crippen molar-refractivity contribution in [2.24, 2.45) is 0 Å². The van der Waals surface area contributed by atoms with Gasteiger partial charge in [0, 0.05) is 25.7 Å². The largest absolute Gasteiger partial charge is 0.481 e. The SMILES string of the molecule is O=C(O)CCCCCCCCC#CC#CCCCCCCCCC(=O)N[C@@H]1O[C@H](CO)[C@@H](O)[C@H](O)[C@H]1O. The maximum Gasteiger partial charge on any atom is 0.303 e. The van der Waals surface area contributed by atoms with Gasteiger partial charge in [-0.05, 0) is 37.5 Å². The highest BCUT2D eigenvalue weighted by molar-refractivity contribution is 5.76. The number of rotatable bonds is 18. The molecule has 0 aromatic heterocycles. The summed E-state index contributed by atoms with van der Waals surface area (Å²) in [5, 5.41) is 49.8. The van der Waals surface area contributed by atoms with Gasteiger partial charge in [0.15, 0.2) is 6.23 Å². The summed E-state index contributed by atoms with van der Waals surface area (Å²) in [5.74, 6) is 10.9. The zero-order valence-electron chi connectivity index (χ0n) is 21.9. The summed E-state index contributed by atoms with van der Waals surface area (Å²) in [6.07, 6.45) is 7.53. The molecule has 0 spiro atoms. The highest BCUT2D eigenvalue weighted by atomic mass is 16.6. The summed E-state index contributed by atoms with van der Waals surface area (Å²) >= 11 is 0. The van der Waals surface area contributed by atoms with Gasteiger partial charge < -0.3 is 35.6 Å². The van der Waals surface area contributed by atoms with Crippen molar-refractivity contribution in [3.8, 4) is 23.7 Å². The number of amides is 1. The van der Waals surface area contributed by atoms with Crippen LogP contribution in [-0.2, 0) is 14.3 Å². The summed E-state index contributed by atoms with van der Waals surface area (Å²) in [4.78, 5) is 22.5. The molecule has 9 nitrogen and oxygen atoms in total. The number of carboxylic acids is 1. The third-order valence-corrected chi connectivity index (χ3v) is 6.33. The summed E-state index contributed by atoms with van der Waals surface area (Å²) in [5.41, 5.74) is 0. The van der Waals surface area contributed by atoms with E-state index in [-0.39, 0.29) is 18.7 Å². The van der Waals surface area contributed by atoms with Gasteiger partial charge in [0.05, 0.1) is 6.61 Å². The van der Waals surface area contributed by atoms with Crippen LogP contribution in [0.5, 0.6) is 0 Å². The van der Waals surface area contributed by atoms with E-state index in [1.54, 1.807) is 0 Å². The predicted octanol–water partition coefficient (Wildman–Crippen LogP) is 2.24. The van der Waals surface area contributed by atoms with Crippen molar-refractivity contribution in [2.45, 2.75) is 133 Å². The third kappa shape index (κ3) is 15.7. The normalized spacial score (nSPS) is 22.9. The Hall–Kier alpha value is -2.14. The summed E-state index contributed by atoms with van der Waals surface area (Å²) in [6, 6.07) is 0. The quantitative estimate of drug-likeness (QED) is 0.118. The molecule has 0 saturated carbocycles. The van der Waals surface area contributed by atoms with Gasteiger partial charge in [0.25, 0.3) is 0 Å². The molecule has 1 heterocycles. The number of aliphatic hydroxyl groups is 4. The summed E-state index contributed by atoms with van der Waals surface area (Å²) in [7, 11) is 0. The lowest BCUT2D eigenvalue weighted by Crippen LogP contribution is -2.63. The van der Waals surface area contributed by atoms with E-state index in [0.29, 0.717) is 6.42 Å². The standard InChI is InChI=1S/C28H45NO8/c30-21-22-25(34)26(35)27(36)28(37-22)29-23(31)19-17-15-13-11-9-7-5-3-1-2-4-6-8-10-12-14-16-18-20-24(32)33/h22,25-28,30,34-36H,5-21H2,(H,29,31)(H,32,33)/t22-,25-,26+,27-,28-/m1/s1. The van der Waals surface area contributed by atoms with Crippen LogP contribution in [0.15, 0.2) is 0 Å². The van der Waals surface area contributed by atoms with Gasteiger partial charge >= 0.3 is 5.97 Å². The maximum atomic E-state index is 12.1. The molecule has 5 atom stereocenters. The Labute approximate surface area is 221 Å². The molecule has 0 aromatic carbocycles. The van der Waals surface area contributed by atoms with Gasteiger partial charge in [0.2, 0.25) is 5.91 Å². The fraction of sp³-hybridized carbons (Fsp3) is 0.786. The monoisotopic (exact) mass is 523 g/mol. The molecule has 0 radical (unpaired) electrons. The molecular weight excluding hydrogens is 478 g/mol. The van der Waals surface area contributed by atoms with Gasteiger partial charge in [-0.2, -0.15) is 0 Å². The lowest BCUT2D eigenvalue weighted by Gasteiger charge is -2.40. The number of hydrogen-bond acceptors (Lipinski definition) is 7. The van der Waals surface area contributed by atoms with Crippen molar-refractivity contribution < 1.29 is 39.9 Å². The number of aliphatic hydroxyl groups excluding tert-OH is 4. The first-order valence-corrected chi connectivity index (χ1v) is 13.6. The molecule has 1 aliphatic rings. The Balaban J connectivity index is 1.95. The molecule has 1 saturated heterocycles. The lowest BCUT2D eigenvalue weighted by molar-refractivity contribution is -0.236. The minimum atomic E-state index is -1.50. The minimum Gasteiger partial charge on any atom is -0.481 e. The van der Waals surface area contributed by atoms with E-state index in [1.165, 1.54) is 0 Å². The van der Waals surface area contributed by atoms with Crippen LogP contribution in [-0.4, -0.2) is 74.7 Å². The van der Waals surface area contributed by atoms with E-state index in [0.717, 1.165) is 83.5 Å². The van der Waals surface area contributed by atoms with Gasteiger partial charge in [-0.25, -0.2) is 0 Å². The molecule has 1 aliphatic heterocycles. The van der Waals surface area contributed by atoms with Crippen molar-refractivity contribution in [1.82, 2.24) is 5.32 Å². The van der Waals surface area contributed by atoms with E-state index in [1.807, 2.05) is 0 Å². The predicted molar refractivity (Wildman–Crippen MR) is 139 cm³/mol. The van der Waals surface area contributed by atoms with Crippen molar-refractivity contribution >= 4 is 11.9 Å². The molecular formula is C28H45NO8. The topological polar surface area (TPSA) is 157 Å². The molecule has 6 N–H and O–H groups in total. The number of aliphatic carboxylic acids is 1. The number of ether oxygens (including phenoxy) is 1. The fourth-order valence-corrected chi connectivity index (χ4v) is 4.07. The number of carbonyl (C=O) groups is 2. The van der Waals surface area contributed by atoms with Crippen LogP contribution < -0.4 is 5.32 Å². The first-order valence-electron chi connectivity index (χ1n) is 13.6. The molecule has 9 heteroatoms. The van der Waals surface area contributed by atoms with Crippen LogP contribution >= 0.6 is 0 Å². The van der Waals surface area contributed by atoms with Crippen molar-refractivity contribution in [3.05, 3.63) is 0 Å². The Morgan fingerprint density at radius 1 is 0.676 bits per heavy atom. The molecule has 1 fully saturated rings. The minimum absolute atomic E-state index is 0.268. The number of nitrogens with one attached hydrogen (secondary N) is 1. The van der Waals surface area contributed by atoms with E-state index < -0.39 is 43.2 Å². The van der Waals surface area contributed by atoms with Gasteiger partial charge in [-0.1, -0.05) is 63.2 Å². The van der Waals surface area contributed by atoms with E-state index in [4.69, 9.17) is 9.84 Å². The fourth-order valence-electron chi connectivity index (χ4n) is 4.07. The average molecular weight is 524 g/mol. The van der Waals surface area contributed by atoms with Gasteiger partial charge in [0.1, 0.15) is 24.4 Å². The van der Waals surface area contributed by atoms with Crippen LogP contribution in [0.3, 0.4) is 0 Å². The Morgan fingerprint density at radius 3 is 1.68 bits per heavy atom. The van der Waals surface area contributed by atoms with Crippen molar-refractivity contribution in [3.63, 3.8) is 0 Å². The highest BCUT2D eigenvalue weighted by Gasteiger charge is 2.43.